The second kappa shape index (κ2) is 10.3. The molecule has 0 radical (unpaired) electrons. The van der Waals surface area contributed by atoms with E-state index >= 15 is 0 Å². The molecular formula is C21H35N3O3S. The number of hydrogen-bond acceptors (Lipinski definition) is 4. The van der Waals surface area contributed by atoms with E-state index in [1.807, 2.05) is 32.9 Å². The minimum absolute atomic E-state index is 0.235. The minimum Gasteiger partial charge on any atom is -0.353 e. The Kier molecular flexibility index (Phi) is 8.31. The maximum Gasteiger partial charge on any atom is 0.243 e. The van der Waals surface area contributed by atoms with Crippen LogP contribution in [0.2, 0.25) is 0 Å². The third-order valence-electron chi connectivity index (χ3n) is 5.50. The van der Waals surface area contributed by atoms with Gasteiger partial charge in [-0.25, -0.2) is 8.42 Å². The Balaban J connectivity index is 2.09. The lowest BCUT2D eigenvalue weighted by Gasteiger charge is -2.31. The number of amides is 1. The number of likely N-dealkylation sites (tertiary alicyclic amines) is 1. The molecule has 7 heteroatoms. The summed E-state index contributed by atoms with van der Waals surface area (Å²) < 4.78 is 26.3. The molecule has 0 aromatic heterocycles. The fourth-order valence-corrected chi connectivity index (χ4v) is 4.94. The van der Waals surface area contributed by atoms with Crippen LogP contribution in [-0.2, 0) is 14.8 Å². The van der Waals surface area contributed by atoms with Crippen LogP contribution in [0, 0.1) is 13.8 Å². The van der Waals surface area contributed by atoms with Gasteiger partial charge in [0.2, 0.25) is 15.9 Å². The number of aryl methyl sites for hydroxylation is 2. The van der Waals surface area contributed by atoms with Crippen LogP contribution in [0.15, 0.2) is 18.2 Å². The summed E-state index contributed by atoms with van der Waals surface area (Å²) in [5.41, 5.74) is 2.63. The highest BCUT2D eigenvalue weighted by Gasteiger charge is 2.31. The summed E-state index contributed by atoms with van der Waals surface area (Å²) in [6.07, 6.45) is 6.55. The lowest BCUT2D eigenvalue weighted by molar-refractivity contribution is -0.122. The molecule has 0 aliphatic carbocycles. The zero-order chi connectivity index (χ0) is 20.7. The van der Waals surface area contributed by atoms with Crippen molar-refractivity contribution in [2.24, 2.45) is 0 Å². The Hall–Kier alpha value is -1.60. The van der Waals surface area contributed by atoms with E-state index in [0.29, 0.717) is 18.7 Å². The van der Waals surface area contributed by atoms with Gasteiger partial charge in [0.05, 0.1) is 11.9 Å². The van der Waals surface area contributed by atoms with Gasteiger partial charge in [0, 0.05) is 13.1 Å². The van der Waals surface area contributed by atoms with Gasteiger partial charge in [-0.15, -0.1) is 0 Å². The first-order valence-electron chi connectivity index (χ1n) is 10.3. The van der Waals surface area contributed by atoms with Crippen LogP contribution in [0.5, 0.6) is 0 Å². The van der Waals surface area contributed by atoms with Crippen molar-refractivity contribution in [2.45, 2.75) is 58.9 Å². The van der Waals surface area contributed by atoms with Crippen LogP contribution in [-0.4, -0.2) is 57.7 Å². The molecule has 158 valence electrons. The Labute approximate surface area is 170 Å². The highest BCUT2D eigenvalue weighted by atomic mass is 32.2. The van der Waals surface area contributed by atoms with Crippen molar-refractivity contribution in [3.05, 3.63) is 29.3 Å². The van der Waals surface area contributed by atoms with Crippen molar-refractivity contribution in [3.63, 3.8) is 0 Å². The topological polar surface area (TPSA) is 69.7 Å². The summed E-state index contributed by atoms with van der Waals surface area (Å²) >= 11 is 0. The lowest BCUT2D eigenvalue weighted by atomic mass is 10.1. The van der Waals surface area contributed by atoms with Gasteiger partial charge >= 0.3 is 0 Å². The van der Waals surface area contributed by atoms with Crippen LogP contribution >= 0.6 is 0 Å². The van der Waals surface area contributed by atoms with Crippen molar-refractivity contribution in [2.75, 3.05) is 36.7 Å². The molecule has 1 saturated heterocycles. The third-order valence-corrected chi connectivity index (χ3v) is 6.68. The molecule has 1 N–H and O–H groups in total. The fourth-order valence-electron chi connectivity index (χ4n) is 3.74. The molecule has 1 heterocycles. The predicted octanol–water partition coefficient (Wildman–Crippen LogP) is 2.84. The van der Waals surface area contributed by atoms with Crippen molar-refractivity contribution in [1.82, 2.24) is 10.2 Å². The first kappa shape index (κ1) is 22.7. The first-order valence-corrected chi connectivity index (χ1v) is 12.2. The van der Waals surface area contributed by atoms with E-state index < -0.39 is 16.1 Å². The normalized spacial score (nSPS) is 17.0. The van der Waals surface area contributed by atoms with Crippen molar-refractivity contribution in [1.29, 1.82) is 0 Å². The van der Waals surface area contributed by atoms with Crippen LogP contribution in [0.1, 0.15) is 50.2 Å². The molecule has 0 bridgehead atoms. The molecule has 1 atom stereocenters. The van der Waals surface area contributed by atoms with E-state index in [1.54, 1.807) is 6.07 Å². The average Bonchev–Trinajstić information content (AvgIpc) is 2.90. The Bertz CT molecular complexity index is 756. The SMILES string of the molecule is CC[C@H](C(=O)NCCN1CCCCCC1)N(c1ccc(C)c(C)c1)S(C)(=O)=O. The summed E-state index contributed by atoms with van der Waals surface area (Å²) in [4.78, 5) is 15.2. The molecule has 28 heavy (non-hydrogen) atoms. The third kappa shape index (κ3) is 6.21. The highest BCUT2D eigenvalue weighted by Crippen LogP contribution is 2.25. The monoisotopic (exact) mass is 409 g/mol. The number of hydrogen-bond donors (Lipinski definition) is 1. The van der Waals surface area contributed by atoms with E-state index in [9.17, 15) is 13.2 Å². The first-order chi connectivity index (χ1) is 13.2. The molecule has 0 unspecified atom stereocenters. The van der Waals surface area contributed by atoms with Gasteiger partial charge in [-0.2, -0.15) is 0 Å². The molecule has 1 aliphatic rings. The van der Waals surface area contributed by atoms with Crippen molar-refractivity contribution in [3.8, 4) is 0 Å². The number of benzene rings is 1. The van der Waals surface area contributed by atoms with E-state index in [-0.39, 0.29) is 5.91 Å². The number of carbonyl (C=O) groups is 1. The summed E-state index contributed by atoms with van der Waals surface area (Å²) in [5.74, 6) is -0.235. The molecule has 0 saturated carbocycles. The van der Waals surface area contributed by atoms with Gasteiger partial charge in [0.15, 0.2) is 0 Å². The van der Waals surface area contributed by atoms with E-state index in [1.165, 1.54) is 30.0 Å². The van der Waals surface area contributed by atoms with E-state index in [2.05, 4.69) is 10.2 Å². The Morgan fingerprint density at radius 1 is 1.14 bits per heavy atom. The van der Waals surface area contributed by atoms with Gasteiger partial charge in [-0.3, -0.25) is 9.10 Å². The van der Waals surface area contributed by atoms with Crippen LogP contribution in [0.25, 0.3) is 0 Å². The standard InChI is InChI=1S/C21H35N3O3S/c1-5-20(21(25)22-12-15-23-13-8-6-7-9-14-23)24(28(4,26)27)19-11-10-17(2)18(3)16-19/h10-11,16,20H,5-9,12-15H2,1-4H3,(H,22,25)/t20-/m1/s1. The van der Waals surface area contributed by atoms with Crippen molar-refractivity contribution >= 4 is 21.6 Å². The molecule has 1 aliphatic heterocycles. The van der Waals surface area contributed by atoms with Gasteiger partial charge in [0.25, 0.3) is 0 Å². The zero-order valence-corrected chi connectivity index (χ0v) is 18.5. The Morgan fingerprint density at radius 2 is 1.79 bits per heavy atom. The minimum atomic E-state index is -3.59. The lowest BCUT2D eigenvalue weighted by Crippen LogP contribution is -2.50. The molecule has 6 nitrogen and oxygen atoms in total. The zero-order valence-electron chi connectivity index (χ0n) is 17.7. The predicted molar refractivity (Wildman–Crippen MR) is 115 cm³/mol. The number of sulfonamides is 1. The van der Waals surface area contributed by atoms with Gasteiger partial charge in [0.1, 0.15) is 6.04 Å². The molecule has 1 fully saturated rings. The van der Waals surface area contributed by atoms with E-state index in [0.717, 1.165) is 37.0 Å². The fraction of sp³-hybridized carbons (Fsp3) is 0.667. The van der Waals surface area contributed by atoms with Crippen LogP contribution < -0.4 is 9.62 Å². The molecule has 0 spiro atoms. The molecule has 2 rings (SSSR count). The van der Waals surface area contributed by atoms with Gasteiger partial charge in [-0.05, 0) is 69.5 Å². The quantitative estimate of drug-likeness (QED) is 0.717. The second-order valence-electron chi connectivity index (χ2n) is 7.80. The molecule has 1 amide bonds. The summed E-state index contributed by atoms with van der Waals surface area (Å²) in [6.45, 7) is 9.28. The van der Waals surface area contributed by atoms with Crippen molar-refractivity contribution < 1.29 is 13.2 Å². The van der Waals surface area contributed by atoms with Gasteiger partial charge in [-0.1, -0.05) is 25.8 Å². The number of nitrogens with zero attached hydrogens (tertiary/aromatic N) is 2. The highest BCUT2D eigenvalue weighted by molar-refractivity contribution is 7.92. The maximum absolute atomic E-state index is 12.9. The second-order valence-corrected chi connectivity index (χ2v) is 9.66. The van der Waals surface area contributed by atoms with E-state index in [4.69, 9.17) is 0 Å². The number of nitrogens with one attached hydrogen (secondary N) is 1. The number of anilines is 1. The number of rotatable bonds is 8. The molecule has 1 aromatic rings. The molecule has 1 aromatic carbocycles. The maximum atomic E-state index is 12.9. The smallest absolute Gasteiger partial charge is 0.243 e. The molecular weight excluding hydrogens is 374 g/mol. The summed E-state index contributed by atoms with van der Waals surface area (Å²) in [5, 5.41) is 2.96. The Morgan fingerprint density at radius 3 is 2.32 bits per heavy atom. The van der Waals surface area contributed by atoms with Gasteiger partial charge < -0.3 is 10.2 Å². The van der Waals surface area contributed by atoms with Crippen LogP contribution in [0.4, 0.5) is 5.69 Å². The summed E-state index contributed by atoms with van der Waals surface area (Å²) in [7, 11) is -3.59. The number of carbonyl (C=O) groups excluding carboxylic acids is 1. The van der Waals surface area contributed by atoms with Crippen LogP contribution in [0.3, 0.4) is 0 Å². The largest absolute Gasteiger partial charge is 0.353 e. The summed E-state index contributed by atoms with van der Waals surface area (Å²) in [6, 6.07) is 4.76. The average molecular weight is 410 g/mol.